The second-order valence-corrected chi connectivity index (χ2v) is 6.41. The number of carbonyl (C=O) groups excluding carboxylic acids is 2. The largest absolute Gasteiger partial charge is 0.444 e. The number of rotatable bonds is 6. The number of nitrogens with one attached hydrogen (secondary N) is 1. The molecule has 0 unspecified atom stereocenters. The first kappa shape index (κ1) is 17.4. The summed E-state index contributed by atoms with van der Waals surface area (Å²) in [6.45, 7) is 9.56. The van der Waals surface area contributed by atoms with Crippen LogP contribution in [0.2, 0.25) is 0 Å². The van der Waals surface area contributed by atoms with Crippen molar-refractivity contribution >= 4 is 27.8 Å². The molecule has 0 aliphatic rings. The minimum absolute atomic E-state index is 0.0803. The van der Waals surface area contributed by atoms with E-state index in [4.69, 9.17) is 4.74 Å². The van der Waals surface area contributed by atoms with E-state index in [1.54, 1.807) is 0 Å². The summed E-state index contributed by atoms with van der Waals surface area (Å²) in [4.78, 5) is 23.1. The Labute approximate surface area is 118 Å². The topological polar surface area (TPSA) is 55.4 Å². The summed E-state index contributed by atoms with van der Waals surface area (Å²) < 4.78 is 5.19. The Morgan fingerprint density at radius 2 is 1.83 bits per heavy atom. The molecule has 0 aromatic heterocycles. The number of Topliss-reactive ketones (excluding diaryl/α,β-unsaturated/α-hetero) is 1. The van der Waals surface area contributed by atoms with Gasteiger partial charge in [-0.1, -0.05) is 29.8 Å². The van der Waals surface area contributed by atoms with Gasteiger partial charge in [-0.25, -0.2) is 4.79 Å². The SMILES string of the molecule is CC(C)C[C@H](CC(=O)CBr)NC(=O)OC(C)(C)C. The molecular weight excluding hydrogens is 298 g/mol. The number of carbonyl (C=O) groups is 2. The standard InChI is InChI=1S/C13H24BrNO3/c1-9(2)6-10(7-11(16)8-14)15-12(17)18-13(3,4)5/h9-10H,6-8H2,1-5H3,(H,15,17)/t10-/m1/s1. The van der Waals surface area contributed by atoms with Gasteiger partial charge in [-0.3, -0.25) is 4.79 Å². The number of alkyl carbamates (subject to hydrolysis) is 1. The van der Waals surface area contributed by atoms with Crippen molar-refractivity contribution in [1.29, 1.82) is 0 Å². The molecule has 0 aliphatic carbocycles. The highest BCUT2D eigenvalue weighted by Crippen LogP contribution is 2.12. The maximum Gasteiger partial charge on any atom is 0.407 e. The lowest BCUT2D eigenvalue weighted by molar-refractivity contribution is -0.117. The van der Waals surface area contributed by atoms with Crippen molar-refractivity contribution in [3.8, 4) is 0 Å². The van der Waals surface area contributed by atoms with Crippen LogP contribution in [0, 0.1) is 5.92 Å². The fraction of sp³-hybridized carbons (Fsp3) is 0.846. The van der Waals surface area contributed by atoms with Crippen molar-refractivity contribution in [2.75, 3.05) is 5.33 Å². The Morgan fingerprint density at radius 1 is 1.28 bits per heavy atom. The molecule has 4 nitrogen and oxygen atoms in total. The Bertz CT molecular complexity index is 284. The van der Waals surface area contributed by atoms with Crippen LogP contribution in [0.1, 0.15) is 47.5 Å². The summed E-state index contributed by atoms with van der Waals surface area (Å²) in [5, 5.41) is 3.08. The zero-order valence-electron chi connectivity index (χ0n) is 11.9. The van der Waals surface area contributed by atoms with Crippen molar-refractivity contribution in [2.24, 2.45) is 5.92 Å². The smallest absolute Gasteiger partial charge is 0.407 e. The minimum Gasteiger partial charge on any atom is -0.444 e. The molecule has 0 fully saturated rings. The third-order valence-electron chi connectivity index (χ3n) is 2.10. The van der Waals surface area contributed by atoms with Crippen molar-refractivity contribution < 1.29 is 14.3 Å². The number of halogens is 1. The Balaban J connectivity index is 4.39. The van der Waals surface area contributed by atoms with Gasteiger partial charge in [0.15, 0.2) is 0 Å². The molecule has 18 heavy (non-hydrogen) atoms. The molecular formula is C13H24BrNO3. The van der Waals surface area contributed by atoms with Crippen LogP contribution in [0.4, 0.5) is 4.79 Å². The lowest BCUT2D eigenvalue weighted by atomic mass is 10.00. The second-order valence-electron chi connectivity index (χ2n) is 5.85. The van der Waals surface area contributed by atoms with Gasteiger partial charge in [0.25, 0.3) is 0 Å². The molecule has 0 aliphatic heterocycles. The van der Waals surface area contributed by atoms with Crippen molar-refractivity contribution in [3.05, 3.63) is 0 Å². The van der Waals surface area contributed by atoms with Crippen molar-refractivity contribution in [2.45, 2.75) is 59.1 Å². The van der Waals surface area contributed by atoms with Crippen LogP contribution < -0.4 is 5.32 Å². The molecule has 1 atom stereocenters. The van der Waals surface area contributed by atoms with E-state index in [1.165, 1.54) is 0 Å². The Hall–Kier alpha value is -0.580. The van der Waals surface area contributed by atoms with E-state index < -0.39 is 11.7 Å². The van der Waals surface area contributed by atoms with E-state index in [9.17, 15) is 9.59 Å². The van der Waals surface area contributed by atoms with Gasteiger partial charge in [0.2, 0.25) is 0 Å². The molecule has 0 heterocycles. The van der Waals surface area contributed by atoms with Gasteiger partial charge in [0.05, 0.1) is 5.33 Å². The molecule has 106 valence electrons. The van der Waals surface area contributed by atoms with Crippen LogP contribution in [0.15, 0.2) is 0 Å². The molecule has 1 amide bonds. The van der Waals surface area contributed by atoms with E-state index in [-0.39, 0.29) is 11.8 Å². The zero-order chi connectivity index (χ0) is 14.3. The first-order valence-electron chi connectivity index (χ1n) is 6.21. The highest BCUT2D eigenvalue weighted by molar-refractivity contribution is 9.09. The van der Waals surface area contributed by atoms with Crippen molar-refractivity contribution in [3.63, 3.8) is 0 Å². The molecule has 5 heteroatoms. The summed E-state index contributed by atoms with van der Waals surface area (Å²) >= 11 is 3.13. The summed E-state index contributed by atoms with van der Waals surface area (Å²) in [6.07, 6.45) is 0.635. The number of alkyl halides is 1. The number of hydrogen-bond donors (Lipinski definition) is 1. The lowest BCUT2D eigenvalue weighted by Gasteiger charge is -2.24. The summed E-state index contributed by atoms with van der Waals surface area (Å²) in [5.41, 5.74) is -0.522. The molecule has 0 saturated heterocycles. The molecule has 0 rings (SSSR count). The van der Waals surface area contributed by atoms with Gasteiger partial charge in [-0.05, 0) is 33.1 Å². The second kappa shape index (κ2) is 7.77. The van der Waals surface area contributed by atoms with Crippen molar-refractivity contribution in [1.82, 2.24) is 5.32 Å². The highest BCUT2D eigenvalue weighted by atomic mass is 79.9. The average molecular weight is 322 g/mol. The molecule has 0 spiro atoms. The maximum absolute atomic E-state index is 11.7. The summed E-state index contributed by atoms with van der Waals surface area (Å²) in [7, 11) is 0. The monoisotopic (exact) mass is 321 g/mol. The van der Waals surface area contributed by atoms with Gasteiger partial charge in [-0.2, -0.15) is 0 Å². The third-order valence-corrected chi connectivity index (χ3v) is 2.73. The average Bonchev–Trinajstić information content (AvgIpc) is 2.12. The predicted molar refractivity (Wildman–Crippen MR) is 76.0 cm³/mol. The van der Waals surface area contributed by atoms with Crippen LogP contribution >= 0.6 is 15.9 Å². The molecule has 0 aromatic carbocycles. The Kier molecular flexibility index (Phi) is 7.52. The minimum atomic E-state index is -0.522. The van der Waals surface area contributed by atoms with Gasteiger partial charge in [0, 0.05) is 12.5 Å². The van der Waals surface area contributed by atoms with Gasteiger partial charge in [-0.15, -0.1) is 0 Å². The zero-order valence-corrected chi connectivity index (χ0v) is 13.5. The third kappa shape index (κ3) is 9.45. The van der Waals surface area contributed by atoms with E-state index in [0.717, 1.165) is 6.42 Å². The lowest BCUT2D eigenvalue weighted by Crippen LogP contribution is -2.41. The summed E-state index contributed by atoms with van der Waals surface area (Å²) in [5.74, 6) is 0.491. The van der Waals surface area contributed by atoms with E-state index >= 15 is 0 Å². The van der Waals surface area contributed by atoms with Gasteiger partial charge < -0.3 is 10.1 Å². The normalized spacial score (nSPS) is 13.3. The molecule has 0 aromatic rings. The molecule has 0 bridgehead atoms. The van der Waals surface area contributed by atoms with E-state index in [2.05, 4.69) is 35.1 Å². The number of ether oxygens (including phenoxy) is 1. The van der Waals surface area contributed by atoms with Crippen LogP contribution in [-0.2, 0) is 9.53 Å². The first-order chi connectivity index (χ1) is 8.14. The van der Waals surface area contributed by atoms with Crippen LogP contribution in [0.5, 0.6) is 0 Å². The number of hydrogen-bond acceptors (Lipinski definition) is 3. The highest BCUT2D eigenvalue weighted by Gasteiger charge is 2.21. The maximum atomic E-state index is 11.7. The Morgan fingerprint density at radius 3 is 2.22 bits per heavy atom. The quantitative estimate of drug-likeness (QED) is 0.764. The molecule has 0 radical (unpaired) electrons. The van der Waals surface area contributed by atoms with E-state index in [0.29, 0.717) is 17.7 Å². The van der Waals surface area contributed by atoms with Gasteiger partial charge in [0.1, 0.15) is 11.4 Å². The summed E-state index contributed by atoms with van der Waals surface area (Å²) in [6, 6.07) is -0.162. The van der Waals surface area contributed by atoms with Crippen LogP contribution in [-0.4, -0.2) is 28.8 Å². The molecule has 0 saturated carbocycles. The van der Waals surface area contributed by atoms with Crippen LogP contribution in [0.3, 0.4) is 0 Å². The predicted octanol–water partition coefficient (Wildman–Crippen LogP) is 3.28. The number of ketones is 1. The first-order valence-corrected chi connectivity index (χ1v) is 7.33. The number of amides is 1. The van der Waals surface area contributed by atoms with Gasteiger partial charge >= 0.3 is 6.09 Å². The van der Waals surface area contributed by atoms with E-state index in [1.807, 2.05) is 20.8 Å². The fourth-order valence-electron chi connectivity index (χ4n) is 1.57. The van der Waals surface area contributed by atoms with Crippen LogP contribution in [0.25, 0.3) is 0 Å². The molecule has 1 N–H and O–H groups in total. The fourth-order valence-corrected chi connectivity index (χ4v) is 1.79.